The van der Waals surface area contributed by atoms with Gasteiger partial charge in [0.25, 0.3) is 5.91 Å². The van der Waals surface area contributed by atoms with Crippen LogP contribution in [0.1, 0.15) is 64.9 Å². The third-order valence-electron chi connectivity index (χ3n) is 5.96. The van der Waals surface area contributed by atoms with Crippen LogP contribution < -0.4 is 10.6 Å². The molecule has 2 N–H and O–H groups in total. The van der Waals surface area contributed by atoms with Crippen molar-refractivity contribution in [2.75, 3.05) is 5.32 Å². The van der Waals surface area contributed by atoms with Gasteiger partial charge in [-0.2, -0.15) is 18.3 Å². The monoisotopic (exact) mass is 442 g/mol. The van der Waals surface area contributed by atoms with E-state index in [1.165, 1.54) is 6.20 Å². The number of halogens is 3. The lowest BCUT2D eigenvalue weighted by Gasteiger charge is -2.34. The Kier molecular flexibility index (Phi) is 5.95. The highest BCUT2D eigenvalue weighted by Crippen LogP contribution is 2.44. The zero-order chi connectivity index (χ0) is 22.9. The number of hydrogen-bond donors (Lipinski definition) is 2. The Morgan fingerprint density at radius 2 is 1.88 bits per heavy atom. The fraction of sp³-hybridized carbons (Fsp3) is 0.333. The molecule has 168 valence electrons. The summed E-state index contributed by atoms with van der Waals surface area (Å²) in [6, 6.07) is 14.0. The van der Waals surface area contributed by atoms with Crippen molar-refractivity contribution in [2.45, 2.75) is 51.0 Å². The van der Waals surface area contributed by atoms with Crippen molar-refractivity contribution < 1.29 is 18.0 Å². The molecule has 2 heterocycles. The highest BCUT2D eigenvalue weighted by molar-refractivity contribution is 5.99. The van der Waals surface area contributed by atoms with E-state index in [0.717, 1.165) is 21.4 Å². The summed E-state index contributed by atoms with van der Waals surface area (Å²) in [5, 5.41) is 10.0. The summed E-state index contributed by atoms with van der Waals surface area (Å²) in [4.78, 5) is 13.1. The van der Waals surface area contributed by atoms with Gasteiger partial charge in [-0.1, -0.05) is 61.5 Å². The van der Waals surface area contributed by atoms with Crippen LogP contribution in [0.2, 0.25) is 0 Å². The summed E-state index contributed by atoms with van der Waals surface area (Å²) in [6.07, 6.45) is -2.83. The first-order valence-corrected chi connectivity index (χ1v) is 10.6. The molecular weight excluding hydrogens is 417 g/mol. The first-order chi connectivity index (χ1) is 15.3. The maximum atomic E-state index is 13.9. The average Bonchev–Trinajstić information content (AvgIpc) is 3.21. The third-order valence-corrected chi connectivity index (χ3v) is 5.96. The highest BCUT2D eigenvalue weighted by atomic mass is 19.4. The zero-order valence-electron chi connectivity index (χ0n) is 17.9. The van der Waals surface area contributed by atoms with Crippen molar-refractivity contribution in [1.82, 2.24) is 15.1 Å². The van der Waals surface area contributed by atoms with Crippen LogP contribution in [0.5, 0.6) is 0 Å². The molecule has 0 fully saturated rings. The number of nitrogens with one attached hydrogen (secondary N) is 2. The lowest BCUT2D eigenvalue weighted by Crippen LogP contribution is -2.36. The molecule has 0 radical (unpaired) electrons. The fourth-order valence-corrected chi connectivity index (χ4v) is 4.25. The Morgan fingerprint density at radius 3 is 2.53 bits per heavy atom. The predicted molar refractivity (Wildman–Crippen MR) is 116 cm³/mol. The Bertz CT molecular complexity index is 1090. The summed E-state index contributed by atoms with van der Waals surface area (Å²) >= 11 is 0. The quantitative estimate of drug-likeness (QED) is 0.530. The first kappa shape index (κ1) is 21.9. The van der Waals surface area contributed by atoms with Crippen LogP contribution in [0.25, 0.3) is 0 Å². The van der Waals surface area contributed by atoms with E-state index in [2.05, 4.69) is 15.7 Å². The van der Waals surface area contributed by atoms with E-state index in [1.54, 1.807) is 24.3 Å². The minimum atomic E-state index is -4.49. The number of alkyl halides is 3. The molecule has 3 atom stereocenters. The highest BCUT2D eigenvalue weighted by Gasteiger charge is 2.47. The number of aromatic nitrogens is 2. The molecule has 0 aliphatic carbocycles. The second kappa shape index (κ2) is 8.68. The van der Waals surface area contributed by atoms with Gasteiger partial charge in [0, 0.05) is 6.42 Å². The Hall–Kier alpha value is -3.29. The van der Waals surface area contributed by atoms with Gasteiger partial charge in [0.15, 0.2) is 6.04 Å². The smallest absolute Gasteiger partial charge is 0.363 e. The number of benzene rings is 2. The van der Waals surface area contributed by atoms with Gasteiger partial charge in [-0.15, -0.1) is 0 Å². The van der Waals surface area contributed by atoms with Crippen LogP contribution in [0.4, 0.5) is 19.0 Å². The van der Waals surface area contributed by atoms with Crippen molar-refractivity contribution in [3.8, 4) is 0 Å². The Morgan fingerprint density at radius 1 is 1.19 bits per heavy atom. The number of hydrogen-bond acceptors (Lipinski definition) is 3. The second-order valence-corrected chi connectivity index (χ2v) is 8.04. The van der Waals surface area contributed by atoms with Gasteiger partial charge < -0.3 is 10.6 Å². The van der Waals surface area contributed by atoms with Gasteiger partial charge in [0.05, 0.1) is 18.3 Å². The molecule has 0 saturated heterocycles. The lowest BCUT2D eigenvalue weighted by atomic mass is 9.96. The molecule has 3 aromatic rings. The minimum absolute atomic E-state index is 0.0876. The largest absolute Gasteiger partial charge is 0.410 e. The number of aryl methyl sites for hydroxylation is 1. The number of amides is 1. The lowest BCUT2D eigenvalue weighted by molar-refractivity contribution is -0.173. The molecule has 3 unspecified atom stereocenters. The van der Waals surface area contributed by atoms with E-state index in [0.29, 0.717) is 6.42 Å². The van der Waals surface area contributed by atoms with Crippen LogP contribution in [0.15, 0.2) is 60.8 Å². The second-order valence-electron chi connectivity index (χ2n) is 8.04. The van der Waals surface area contributed by atoms with Crippen molar-refractivity contribution in [3.05, 3.63) is 83.0 Å². The maximum Gasteiger partial charge on any atom is 0.410 e. The molecule has 4 rings (SSSR count). The molecule has 1 aromatic heterocycles. The van der Waals surface area contributed by atoms with E-state index in [9.17, 15) is 18.0 Å². The molecule has 1 amide bonds. The number of nitrogens with zero attached hydrogens (tertiary/aromatic N) is 2. The van der Waals surface area contributed by atoms with Crippen LogP contribution in [0.3, 0.4) is 0 Å². The Labute approximate surface area is 184 Å². The SMILES string of the molecule is CCC(NC(=O)c1cnn2c1NC(c1ccccc1)CC2C(F)(F)F)c1ccccc1C. The van der Waals surface area contributed by atoms with Crippen LogP contribution >= 0.6 is 0 Å². The first-order valence-electron chi connectivity index (χ1n) is 10.6. The van der Waals surface area contributed by atoms with Crippen molar-refractivity contribution in [3.63, 3.8) is 0 Å². The molecule has 0 saturated carbocycles. The fourth-order valence-electron chi connectivity index (χ4n) is 4.25. The molecule has 32 heavy (non-hydrogen) atoms. The van der Waals surface area contributed by atoms with Crippen molar-refractivity contribution in [1.29, 1.82) is 0 Å². The normalized spacial score (nSPS) is 19.0. The third kappa shape index (κ3) is 4.22. The van der Waals surface area contributed by atoms with E-state index < -0.39 is 24.2 Å². The Balaban J connectivity index is 1.66. The van der Waals surface area contributed by atoms with Gasteiger partial charge in [0.2, 0.25) is 0 Å². The number of carbonyl (C=O) groups is 1. The molecule has 0 bridgehead atoms. The summed E-state index contributed by atoms with van der Waals surface area (Å²) < 4.78 is 42.5. The summed E-state index contributed by atoms with van der Waals surface area (Å²) in [5.41, 5.74) is 2.85. The van der Waals surface area contributed by atoms with Gasteiger partial charge in [-0.3, -0.25) is 4.79 Å². The van der Waals surface area contributed by atoms with Crippen LogP contribution in [0, 0.1) is 6.92 Å². The van der Waals surface area contributed by atoms with E-state index >= 15 is 0 Å². The standard InChI is InChI=1S/C24H25F3N4O/c1-3-19(17-12-8-7-9-15(17)2)30-23(32)18-14-28-31-21(24(25,26)27)13-20(29-22(18)31)16-10-5-4-6-11-16/h4-12,14,19-21,29H,3,13H2,1-2H3,(H,30,32). The zero-order valence-corrected chi connectivity index (χ0v) is 17.9. The van der Waals surface area contributed by atoms with E-state index in [-0.39, 0.29) is 23.8 Å². The van der Waals surface area contributed by atoms with Crippen molar-refractivity contribution in [2.24, 2.45) is 0 Å². The van der Waals surface area contributed by atoms with Crippen LogP contribution in [-0.4, -0.2) is 21.9 Å². The topological polar surface area (TPSA) is 59.0 Å². The predicted octanol–water partition coefficient (Wildman–Crippen LogP) is 5.73. The number of rotatable bonds is 5. The van der Waals surface area contributed by atoms with Crippen LogP contribution in [-0.2, 0) is 0 Å². The summed E-state index contributed by atoms with van der Waals surface area (Å²) in [5.74, 6) is -0.368. The van der Waals surface area contributed by atoms with Gasteiger partial charge in [-0.25, -0.2) is 4.68 Å². The molecule has 8 heteroatoms. The minimum Gasteiger partial charge on any atom is -0.363 e. The molecule has 1 aliphatic heterocycles. The molecule has 5 nitrogen and oxygen atoms in total. The van der Waals surface area contributed by atoms with E-state index in [1.807, 2.05) is 44.2 Å². The number of anilines is 1. The summed E-state index contributed by atoms with van der Waals surface area (Å²) in [7, 11) is 0. The van der Waals surface area contributed by atoms with Crippen molar-refractivity contribution >= 4 is 11.7 Å². The molecular formula is C24H25F3N4O. The van der Waals surface area contributed by atoms with Gasteiger partial charge >= 0.3 is 6.18 Å². The van der Waals surface area contributed by atoms with Gasteiger partial charge in [-0.05, 0) is 30.0 Å². The average molecular weight is 442 g/mol. The number of fused-ring (bicyclic) bond motifs is 1. The summed E-state index contributed by atoms with van der Waals surface area (Å²) in [6.45, 7) is 3.92. The number of carbonyl (C=O) groups excluding carboxylic acids is 1. The molecule has 2 aromatic carbocycles. The van der Waals surface area contributed by atoms with E-state index in [4.69, 9.17) is 0 Å². The maximum absolute atomic E-state index is 13.9. The van der Waals surface area contributed by atoms with Gasteiger partial charge in [0.1, 0.15) is 11.4 Å². The molecule has 0 spiro atoms. The molecule has 1 aliphatic rings.